The molecule has 0 saturated carbocycles. The van der Waals surface area contributed by atoms with Gasteiger partial charge in [0.2, 0.25) is 0 Å². The van der Waals surface area contributed by atoms with E-state index in [2.05, 4.69) is 43.0 Å². The first-order valence-corrected chi connectivity index (χ1v) is 6.11. The summed E-state index contributed by atoms with van der Waals surface area (Å²) in [4.78, 5) is 2.28. The average Bonchev–Trinajstić information content (AvgIpc) is 2.38. The van der Waals surface area contributed by atoms with Gasteiger partial charge in [-0.1, -0.05) is 25.1 Å². The topological polar surface area (TPSA) is 36.3 Å². The van der Waals surface area contributed by atoms with Crippen molar-refractivity contribution in [2.45, 2.75) is 26.4 Å². The van der Waals surface area contributed by atoms with Crippen molar-refractivity contribution in [2.75, 3.05) is 24.6 Å². The van der Waals surface area contributed by atoms with E-state index in [0.29, 0.717) is 13.2 Å². The van der Waals surface area contributed by atoms with E-state index in [9.17, 15) is 0 Å². The van der Waals surface area contributed by atoms with E-state index in [1.807, 2.05) is 0 Å². The highest BCUT2D eigenvalue weighted by Gasteiger charge is 2.22. The molecule has 90 valence electrons. The molecular formula is C14H18N2O. The van der Waals surface area contributed by atoms with Crippen LogP contribution in [-0.2, 0) is 11.2 Å². The Morgan fingerprint density at radius 3 is 3.06 bits per heavy atom. The molecule has 0 aromatic heterocycles. The molecule has 1 aromatic rings. The van der Waals surface area contributed by atoms with Crippen LogP contribution in [0.2, 0.25) is 0 Å². The maximum atomic E-state index is 8.95. The van der Waals surface area contributed by atoms with E-state index in [4.69, 9.17) is 10.00 Å². The molecule has 2 rings (SSSR count). The van der Waals surface area contributed by atoms with E-state index < -0.39 is 0 Å². The summed E-state index contributed by atoms with van der Waals surface area (Å²) < 4.78 is 5.39. The first-order chi connectivity index (χ1) is 8.26. The number of para-hydroxylation sites is 1. The molecule has 0 radical (unpaired) electrons. The van der Waals surface area contributed by atoms with Gasteiger partial charge in [-0.05, 0) is 24.5 Å². The fourth-order valence-corrected chi connectivity index (χ4v) is 2.39. The van der Waals surface area contributed by atoms with Crippen molar-refractivity contribution >= 4 is 5.69 Å². The number of nitriles is 1. The van der Waals surface area contributed by atoms with E-state index in [0.717, 1.165) is 13.0 Å². The van der Waals surface area contributed by atoms with Crippen molar-refractivity contribution in [3.8, 4) is 6.07 Å². The monoisotopic (exact) mass is 230 g/mol. The molecule has 1 atom stereocenters. The molecule has 3 nitrogen and oxygen atoms in total. The zero-order valence-corrected chi connectivity index (χ0v) is 10.4. The quantitative estimate of drug-likeness (QED) is 0.782. The number of rotatable bonds is 2. The summed E-state index contributed by atoms with van der Waals surface area (Å²) in [6.07, 6.45) is 0.721. The molecule has 1 aliphatic rings. The lowest BCUT2D eigenvalue weighted by Gasteiger charge is -2.34. The van der Waals surface area contributed by atoms with Crippen LogP contribution < -0.4 is 4.90 Å². The van der Waals surface area contributed by atoms with Crippen LogP contribution in [0, 0.1) is 18.3 Å². The third-order valence-electron chi connectivity index (χ3n) is 3.23. The van der Waals surface area contributed by atoms with Crippen LogP contribution >= 0.6 is 0 Å². The lowest BCUT2D eigenvalue weighted by atomic mass is 10.0. The second-order valence-electron chi connectivity index (χ2n) is 4.37. The van der Waals surface area contributed by atoms with Gasteiger partial charge in [0.25, 0.3) is 0 Å². The number of hydrogen-bond acceptors (Lipinski definition) is 3. The van der Waals surface area contributed by atoms with E-state index >= 15 is 0 Å². The SMILES string of the molecule is CCc1cccc(C)c1N1CCOC(C#N)C1. The van der Waals surface area contributed by atoms with Crippen LogP contribution in [0.3, 0.4) is 0 Å². The van der Waals surface area contributed by atoms with Crippen LogP contribution in [0.25, 0.3) is 0 Å². The fourth-order valence-electron chi connectivity index (χ4n) is 2.39. The summed E-state index contributed by atoms with van der Waals surface area (Å²) in [6.45, 7) is 6.48. The van der Waals surface area contributed by atoms with Crippen LogP contribution in [-0.4, -0.2) is 25.8 Å². The largest absolute Gasteiger partial charge is 0.365 e. The molecule has 17 heavy (non-hydrogen) atoms. The van der Waals surface area contributed by atoms with Crippen molar-refractivity contribution in [1.29, 1.82) is 5.26 Å². The lowest BCUT2D eigenvalue weighted by molar-refractivity contribution is 0.0763. The predicted octanol–water partition coefficient (Wildman–Crippen LogP) is 2.29. The Balaban J connectivity index is 2.30. The molecule has 1 heterocycles. The van der Waals surface area contributed by atoms with Gasteiger partial charge in [0.15, 0.2) is 6.10 Å². The van der Waals surface area contributed by atoms with Gasteiger partial charge in [-0.15, -0.1) is 0 Å². The van der Waals surface area contributed by atoms with Crippen LogP contribution in [0.5, 0.6) is 0 Å². The van der Waals surface area contributed by atoms with E-state index in [-0.39, 0.29) is 6.10 Å². The summed E-state index contributed by atoms with van der Waals surface area (Å²) in [5.74, 6) is 0. The van der Waals surface area contributed by atoms with Gasteiger partial charge in [-0.2, -0.15) is 5.26 Å². The first kappa shape index (κ1) is 11.9. The number of anilines is 1. The number of hydrogen-bond donors (Lipinski definition) is 0. The molecule has 1 aliphatic heterocycles. The van der Waals surface area contributed by atoms with Crippen molar-refractivity contribution in [3.63, 3.8) is 0 Å². The summed E-state index contributed by atoms with van der Waals surface area (Å²) in [7, 11) is 0. The minimum Gasteiger partial charge on any atom is -0.365 e. The number of nitrogens with zero attached hydrogens (tertiary/aromatic N) is 2. The maximum Gasteiger partial charge on any atom is 0.161 e. The summed E-state index contributed by atoms with van der Waals surface area (Å²) in [5, 5.41) is 8.95. The highest BCUT2D eigenvalue weighted by Crippen LogP contribution is 2.27. The molecule has 0 aliphatic carbocycles. The average molecular weight is 230 g/mol. The smallest absolute Gasteiger partial charge is 0.161 e. The Morgan fingerprint density at radius 2 is 2.35 bits per heavy atom. The maximum absolute atomic E-state index is 8.95. The molecule has 0 bridgehead atoms. The molecule has 0 amide bonds. The fraction of sp³-hybridized carbons (Fsp3) is 0.500. The highest BCUT2D eigenvalue weighted by atomic mass is 16.5. The van der Waals surface area contributed by atoms with Crippen molar-refractivity contribution in [1.82, 2.24) is 0 Å². The van der Waals surface area contributed by atoms with Gasteiger partial charge < -0.3 is 9.64 Å². The van der Waals surface area contributed by atoms with Gasteiger partial charge in [0.05, 0.1) is 19.2 Å². The molecule has 1 aromatic carbocycles. The van der Waals surface area contributed by atoms with Gasteiger partial charge in [-0.3, -0.25) is 0 Å². The Bertz CT molecular complexity index is 436. The molecule has 0 spiro atoms. The Kier molecular flexibility index (Phi) is 3.65. The third-order valence-corrected chi connectivity index (χ3v) is 3.23. The molecule has 0 N–H and O–H groups in total. The summed E-state index contributed by atoms with van der Waals surface area (Å²) in [5.41, 5.74) is 3.92. The second-order valence-corrected chi connectivity index (χ2v) is 4.37. The normalized spacial score (nSPS) is 20.1. The van der Waals surface area contributed by atoms with Crippen molar-refractivity contribution in [2.24, 2.45) is 0 Å². The number of morpholine rings is 1. The zero-order chi connectivity index (χ0) is 12.3. The molecular weight excluding hydrogens is 212 g/mol. The second kappa shape index (κ2) is 5.20. The summed E-state index contributed by atoms with van der Waals surface area (Å²) in [6, 6.07) is 8.59. The first-order valence-electron chi connectivity index (χ1n) is 6.11. The molecule has 1 unspecified atom stereocenters. The number of aryl methyl sites for hydroxylation is 2. The molecule has 1 fully saturated rings. The number of ether oxygens (including phenoxy) is 1. The Hall–Kier alpha value is -1.53. The Labute approximate surface area is 103 Å². The van der Waals surface area contributed by atoms with Crippen LogP contribution in [0.15, 0.2) is 18.2 Å². The van der Waals surface area contributed by atoms with Gasteiger partial charge in [0.1, 0.15) is 0 Å². The third kappa shape index (κ3) is 2.42. The standard InChI is InChI=1S/C14H18N2O/c1-3-12-6-4-5-11(2)14(12)16-7-8-17-13(9-15)10-16/h4-6,13H,3,7-8,10H2,1-2H3. The van der Waals surface area contributed by atoms with Crippen LogP contribution in [0.4, 0.5) is 5.69 Å². The van der Waals surface area contributed by atoms with Crippen LogP contribution in [0.1, 0.15) is 18.1 Å². The Morgan fingerprint density at radius 1 is 1.53 bits per heavy atom. The predicted molar refractivity (Wildman–Crippen MR) is 68.1 cm³/mol. The lowest BCUT2D eigenvalue weighted by Crippen LogP contribution is -2.42. The zero-order valence-electron chi connectivity index (χ0n) is 10.4. The molecule has 3 heteroatoms. The number of benzene rings is 1. The summed E-state index contributed by atoms with van der Waals surface area (Å²) >= 11 is 0. The van der Waals surface area contributed by atoms with E-state index in [1.165, 1.54) is 16.8 Å². The van der Waals surface area contributed by atoms with Crippen molar-refractivity contribution < 1.29 is 4.74 Å². The van der Waals surface area contributed by atoms with Gasteiger partial charge in [-0.25, -0.2) is 0 Å². The van der Waals surface area contributed by atoms with Gasteiger partial charge >= 0.3 is 0 Å². The molecule has 1 saturated heterocycles. The minimum atomic E-state index is -0.298. The van der Waals surface area contributed by atoms with E-state index in [1.54, 1.807) is 0 Å². The minimum absolute atomic E-state index is 0.298. The van der Waals surface area contributed by atoms with Gasteiger partial charge in [0, 0.05) is 12.2 Å². The highest BCUT2D eigenvalue weighted by molar-refractivity contribution is 5.59. The van der Waals surface area contributed by atoms with Crippen molar-refractivity contribution in [3.05, 3.63) is 29.3 Å².